The van der Waals surface area contributed by atoms with Crippen LogP contribution in [0.3, 0.4) is 0 Å². The Morgan fingerprint density at radius 2 is 2.27 bits per heavy atom. The maximum absolute atomic E-state index is 12.4. The number of nitrogens with zero attached hydrogens (tertiary/aromatic N) is 1. The zero-order chi connectivity index (χ0) is 15.5. The quantitative estimate of drug-likeness (QED) is 0.912. The first kappa shape index (κ1) is 15.2. The van der Waals surface area contributed by atoms with E-state index in [9.17, 15) is 4.79 Å². The van der Waals surface area contributed by atoms with Crippen molar-refractivity contribution in [1.29, 1.82) is 0 Å². The van der Waals surface area contributed by atoms with Crippen LogP contribution in [0.1, 0.15) is 44.5 Å². The molecule has 1 aromatic heterocycles. The summed E-state index contributed by atoms with van der Waals surface area (Å²) in [5.41, 5.74) is 3.50. The van der Waals surface area contributed by atoms with Gasteiger partial charge in [-0.25, -0.2) is 4.98 Å². The van der Waals surface area contributed by atoms with Gasteiger partial charge in [0.15, 0.2) is 0 Å². The molecule has 1 amide bonds. The highest BCUT2D eigenvalue weighted by molar-refractivity contribution is 7.13. The number of benzene rings is 1. The van der Waals surface area contributed by atoms with Crippen LogP contribution in [-0.4, -0.2) is 24.0 Å². The highest BCUT2D eigenvalue weighted by Gasteiger charge is 2.21. The fraction of sp³-hybridized carbons (Fsp3) is 0.412. The lowest BCUT2D eigenvalue weighted by Gasteiger charge is -2.27. The molecule has 1 aliphatic rings. The second-order valence-corrected chi connectivity index (χ2v) is 6.62. The number of nitrogens with one attached hydrogen (secondary N) is 2. The summed E-state index contributed by atoms with van der Waals surface area (Å²) in [5.74, 6) is -0.0143. The van der Waals surface area contributed by atoms with Gasteiger partial charge in [-0.05, 0) is 37.4 Å². The number of aryl methyl sites for hydroxylation is 2. The Morgan fingerprint density at radius 3 is 3.05 bits per heavy atom. The second-order valence-electron chi connectivity index (χ2n) is 5.54. The average molecular weight is 315 g/mol. The van der Waals surface area contributed by atoms with Gasteiger partial charge < -0.3 is 10.6 Å². The number of hydrogen-bond donors (Lipinski definition) is 2. The van der Waals surface area contributed by atoms with E-state index in [1.54, 1.807) is 0 Å². The fourth-order valence-electron chi connectivity index (χ4n) is 2.86. The van der Waals surface area contributed by atoms with E-state index < -0.39 is 0 Å². The summed E-state index contributed by atoms with van der Waals surface area (Å²) in [7, 11) is 0. The number of hydrogen-bond acceptors (Lipinski definition) is 4. The molecule has 2 N–H and O–H groups in total. The summed E-state index contributed by atoms with van der Waals surface area (Å²) in [4.78, 5) is 17.5. The van der Waals surface area contributed by atoms with E-state index in [-0.39, 0.29) is 11.9 Å². The summed E-state index contributed by atoms with van der Waals surface area (Å²) in [6.07, 6.45) is 1.92. The van der Waals surface area contributed by atoms with E-state index in [0.29, 0.717) is 6.54 Å². The molecular weight excluding hydrogens is 294 g/mol. The summed E-state index contributed by atoms with van der Waals surface area (Å²) in [5, 5.41) is 7.56. The topological polar surface area (TPSA) is 54.0 Å². The van der Waals surface area contributed by atoms with Gasteiger partial charge in [0, 0.05) is 12.6 Å². The molecule has 0 fully saturated rings. The Kier molecular flexibility index (Phi) is 4.55. The average Bonchev–Trinajstić information content (AvgIpc) is 2.93. The van der Waals surface area contributed by atoms with Gasteiger partial charge in [-0.2, -0.15) is 0 Å². The van der Waals surface area contributed by atoms with E-state index in [0.717, 1.165) is 35.0 Å². The molecule has 1 aliphatic heterocycles. The third-order valence-electron chi connectivity index (χ3n) is 4.03. The molecule has 22 heavy (non-hydrogen) atoms. The van der Waals surface area contributed by atoms with Gasteiger partial charge >= 0.3 is 0 Å². The van der Waals surface area contributed by atoms with E-state index >= 15 is 0 Å². The van der Waals surface area contributed by atoms with Crippen molar-refractivity contribution >= 4 is 17.2 Å². The number of carbonyl (C=O) groups is 1. The van der Waals surface area contributed by atoms with Crippen LogP contribution >= 0.6 is 11.3 Å². The Balaban J connectivity index is 1.68. The minimum atomic E-state index is -0.0143. The van der Waals surface area contributed by atoms with Crippen LogP contribution in [0.2, 0.25) is 0 Å². The van der Waals surface area contributed by atoms with E-state index in [4.69, 9.17) is 0 Å². The molecule has 116 valence electrons. The van der Waals surface area contributed by atoms with Crippen LogP contribution in [0.15, 0.2) is 24.3 Å². The molecule has 1 atom stereocenters. The smallest absolute Gasteiger partial charge is 0.263 e. The van der Waals surface area contributed by atoms with Gasteiger partial charge in [-0.15, -0.1) is 11.3 Å². The molecule has 2 aromatic rings. The molecule has 0 bridgehead atoms. The van der Waals surface area contributed by atoms with Crippen LogP contribution < -0.4 is 10.6 Å². The lowest BCUT2D eigenvalue weighted by atomic mass is 9.94. The standard InChI is InChI=1S/C17H21N3OS/c1-3-15-20-11(2)16(22-15)17(21)19-10-14-13-7-5-4-6-12(13)8-9-18-14/h4-7,14,18H,3,8-10H2,1-2H3,(H,19,21). The van der Waals surface area contributed by atoms with Crippen LogP contribution in [0, 0.1) is 6.92 Å². The van der Waals surface area contributed by atoms with E-state index in [1.807, 2.05) is 6.92 Å². The number of aromatic nitrogens is 1. The van der Waals surface area contributed by atoms with Crippen molar-refractivity contribution in [3.8, 4) is 0 Å². The first-order chi connectivity index (χ1) is 10.7. The first-order valence-electron chi connectivity index (χ1n) is 7.74. The molecule has 5 heteroatoms. The number of carbonyl (C=O) groups excluding carboxylic acids is 1. The molecule has 0 aliphatic carbocycles. The van der Waals surface area contributed by atoms with Crippen molar-refractivity contribution in [2.24, 2.45) is 0 Å². The molecule has 0 saturated heterocycles. The molecule has 2 heterocycles. The van der Waals surface area contributed by atoms with Gasteiger partial charge in [0.2, 0.25) is 0 Å². The van der Waals surface area contributed by atoms with Crippen molar-refractivity contribution in [3.05, 3.63) is 51.0 Å². The van der Waals surface area contributed by atoms with Gasteiger partial charge in [0.05, 0.1) is 10.7 Å². The van der Waals surface area contributed by atoms with Crippen LogP contribution in [-0.2, 0) is 12.8 Å². The normalized spacial score (nSPS) is 17.1. The van der Waals surface area contributed by atoms with Gasteiger partial charge in [-0.1, -0.05) is 31.2 Å². The molecule has 0 spiro atoms. The zero-order valence-electron chi connectivity index (χ0n) is 13.0. The van der Waals surface area contributed by atoms with Gasteiger partial charge in [0.1, 0.15) is 4.88 Å². The van der Waals surface area contributed by atoms with Gasteiger partial charge in [0.25, 0.3) is 5.91 Å². The molecule has 4 nitrogen and oxygen atoms in total. The molecule has 0 radical (unpaired) electrons. The second kappa shape index (κ2) is 6.58. The molecular formula is C17H21N3OS. The lowest BCUT2D eigenvalue weighted by Crippen LogP contribution is -2.38. The Bertz CT molecular complexity index is 680. The van der Waals surface area contributed by atoms with E-state index in [2.05, 4.69) is 46.8 Å². The Morgan fingerprint density at radius 1 is 1.45 bits per heavy atom. The molecule has 3 rings (SSSR count). The predicted molar refractivity (Wildman–Crippen MR) is 89.5 cm³/mol. The molecule has 1 unspecified atom stereocenters. The first-order valence-corrected chi connectivity index (χ1v) is 8.56. The monoisotopic (exact) mass is 315 g/mol. The fourth-order valence-corrected chi connectivity index (χ4v) is 3.78. The minimum absolute atomic E-state index is 0.0143. The van der Waals surface area contributed by atoms with Crippen LogP contribution in [0.4, 0.5) is 0 Å². The SMILES string of the molecule is CCc1nc(C)c(C(=O)NCC2NCCc3ccccc32)s1. The van der Waals surface area contributed by atoms with Gasteiger partial charge in [-0.3, -0.25) is 4.79 Å². The summed E-state index contributed by atoms with van der Waals surface area (Å²) in [6.45, 7) is 5.52. The summed E-state index contributed by atoms with van der Waals surface area (Å²) < 4.78 is 0. The predicted octanol–water partition coefficient (Wildman–Crippen LogP) is 2.63. The molecule has 0 saturated carbocycles. The summed E-state index contributed by atoms with van der Waals surface area (Å²) >= 11 is 1.50. The number of fused-ring (bicyclic) bond motifs is 1. The number of amides is 1. The third-order valence-corrected chi connectivity index (χ3v) is 5.33. The van der Waals surface area contributed by atoms with Crippen LogP contribution in [0.25, 0.3) is 0 Å². The number of rotatable bonds is 4. The van der Waals surface area contributed by atoms with E-state index in [1.165, 1.54) is 22.5 Å². The zero-order valence-corrected chi connectivity index (χ0v) is 13.8. The van der Waals surface area contributed by atoms with Crippen molar-refractivity contribution in [3.63, 3.8) is 0 Å². The largest absolute Gasteiger partial charge is 0.349 e. The molecule has 1 aromatic carbocycles. The highest BCUT2D eigenvalue weighted by Crippen LogP contribution is 2.23. The third kappa shape index (κ3) is 3.05. The van der Waals surface area contributed by atoms with Crippen molar-refractivity contribution in [2.45, 2.75) is 32.7 Å². The summed E-state index contributed by atoms with van der Waals surface area (Å²) in [6, 6.07) is 8.64. The maximum Gasteiger partial charge on any atom is 0.263 e. The van der Waals surface area contributed by atoms with Crippen molar-refractivity contribution < 1.29 is 4.79 Å². The van der Waals surface area contributed by atoms with Crippen molar-refractivity contribution in [1.82, 2.24) is 15.6 Å². The maximum atomic E-state index is 12.4. The van der Waals surface area contributed by atoms with Crippen LogP contribution in [0.5, 0.6) is 0 Å². The lowest BCUT2D eigenvalue weighted by molar-refractivity contribution is 0.0952. The Hall–Kier alpha value is -1.72. The highest BCUT2D eigenvalue weighted by atomic mass is 32.1. The number of thiazole rings is 1. The minimum Gasteiger partial charge on any atom is -0.349 e. The van der Waals surface area contributed by atoms with Crippen molar-refractivity contribution in [2.75, 3.05) is 13.1 Å². The Labute approximate surface area is 135 Å².